The molecule has 1 atom stereocenters. The maximum Gasteiger partial charge on any atom is 0.158 e. The van der Waals surface area contributed by atoms with Gasteiger partial charge in [0.25, 0.3) is 0 Å². The summed E-state index contributed by atoms with van der Waals surface area (Å²) < 4.78 is 0. The van der Waals surface area contributed by atoms with Crippen molar-refractivity contribution in [3.05, 3.63) is 12.2 Å². The Kier molecular flexibility index (Phi) is 6.54. The molecule has 1 rings (SSSR count). The summed E-state index contributed by atoms with van der Waals surface area (Å²) in [5.74, 6) is 1.72. The van der Waals surface area contributed by atoms with Crippen molar-refractivity contribution in [2.75, 3.05) is 0 Å². The Morgan fingerprint density at radius 2 is 1.94 bits per heavy atom. The number of hydrogen-bond acceptors (Lipinski definition) is 1. The van der Waals surface area contributed by atoms with Crippen LogP contribution < -0.4 is 0 Å². The van der Waals surface area contributed by atoms with Crippen LogP contribution in [0.2, 0.25) is 0 Å². The van der Waals surface area contributed by atoms with E-state index >= 15 is 0 Å². The molecule has 1 fully saturated rings. The number of unbranched alkanes of at least 4 members (excludes halogenated alkanes) is 1. The van der Waals surface area contributed by atoms with Crippen molar-refractivity contribution in [1.82, 2.24) is 0 Å². The summed E-state index contributed by atoms with van der Waals surface area (Å²) in [5, 5.41) is 0. The fourth-order valence-corrected chi connectivity index (χ4v) is 2.99. The fourth-order valence-electron chi connectivity index (χ4n) is 2.99. The highest BCUT2D eigenvalue weighted by atomic mass is 16.1. The maximum absolute atomic E-state index is 11.9. The van der Waals surface area contributed by atoms with E-state index < -0.39 is 0 Å². The molecular weight excluding hydrogens is 208 g/mol. The summed E-state index contributed by atoms with van der Waals surface area (Å²) in [5.41, 5.74) is 0.738. The van der Waals surface area contributed by atoms with Crippen LogP contribution in [0.25, 0.3) is 0 Å². The molecule has 0 spiro atoms. The number of Topliss-reactive ketones (excluding diaryl/α,β-unsaturated/α-hetero) is 1. The maximum atomic E-state index is 11.9. The summed E-state index contributed by atoms with van der Waals surface area (Å²) in [6.45, 7) is 7.87. The van der Waals surface area contributed by atoms with Gasteiger partial charge in [-0.3, -0.25) is 4.79 Å². The van der Waals surface area contributed by atoms with E-state index in [0.29, 0.717) is 5.92 Å². The van der Waals surface area contributed by atoms with E-state index in [1.807, 2.05) is 6.92 Å². The summed E-state index contributed by atoms with van der Waals surface area (Å²) in [6, 6.07) is 0. The average molecular weight is 236 g/mol. The lowest BCUT2D eigenvalue weighted by atomic mass is 9.75. The molecule has 0 heterocycles. The third kappa shape index (κ3) is 5.06. The number of ketones is 1. The molecule has 1 aliphatic carbocycles. The van der Waals surface area contributed by atoms with Crippen LogP contribution >= 0.6 is 0 Å². The van der Waals surface area contributed by atoms with E-state index in [9.17, 15) is 4.79 Å². The van der Waals surface area contributed by atoms with Crippen molar-refractivity contribution in [3.63, 3.8) is 0 Å². The zero-order valence-electron chi connectivity index (χ0n) is 11.6. The van der Waals surface area contributed by atoms with Gasteiger partial charge < -0.3 is 0 Å². The zero-order chi connectivity index (χ0) is 12.7. The first-order valence-corrected chi connectivity index (χ1v) is 7.33. The van der Waals surface area contributed by atoms with E-state index in [4.69, 9.17) is 0 Å². The predicted octanol–water partition coefficient (Wildman–Crippen LogP) is 4.91. The molecule has 0 amide bonds. The van der Waals surface area contributed by atoms with Crippen LogP contribution in [0, 0.1) is 11.8 Å². The van der Waals surface area contributed by atoms with Gasteiger partial charge in [0.2, 0.25) is 0 Å². The van der Waals surface area contributed by atoms with Crippen molar-refractivity contribution >= 4 is 5.78 Å². The minimum Gasteiger partial charge on any atom is -0.295 e. The summed E-state index contributed by atoms with van der Waals surface area (Å²) in [7, 11) is 0. The summed E-state index contributed by atoms with van der Waals surface area (Å²) in [6.07, 6.45) is 11.3. The van der Waals surface area contributed by atoms with Gasteiger partial charge in [0.15, 0.2) is 5.78 Å². The zero-order valence-corrected chi connectivity index (χ0v) is 11.6. The highest BCUT2D eigenvalue weighted by Crippen LogP contribution is 2.35. The average Bonchev–Trinajstić information content (AvgIpc) is 2.35. The van der Waals surface area contributed by atoms with E-state index in [-0.39, 0.29) is 5.78 Å². The normalized spacial score (nSPS) is 18.9. The molecular formula is C16H28O. The first kappa shape index (κ1) is 14.5. The molecule has 17 heavy (non-hydrogen) atoms. The molecule has 1 aliphatic rings. The Morgan fingerprint density at radius 3 is 2.47 bits per heavy atom. The third-order valence-electron chi connectivity index (χ3n) is 4.17. The SMILES string of the molecule is C=C(C)C(=O)CC(CCCC)C1CCCCC1. The third-order valence-corrected chi connectivity index (χ3v) is 4.17. The van der Waals surface area contributed by atoms with Gasteiger partial charge in [0, 0.05) is 6.42 Å². The highest BCUT2D eigenvalue weighted by Gasteiger charge is 2.25. The lowest BCUT2D eigenvalue weighted by molar-refractivity contribution is -0.117. The molecule has 0 bridgehead atoms. The summed E-state index contributed by atoms with van der Waals surface area (Å²) >= 11 is 0. The van der Waals surface area contributed by atoms with Crippen LogP contribution in [0.1, 0.15) is 71.6 Å². The smallest absolute Gasteiger partial charge is 0.158 e. The van der Waals surface area contributed by atoms with Gasteiger partial charge in [0.05, 0.1) is 0 Å². The number of carbonyl (C=O) groups excluding carboxylic acids is 1. The molecule has 1 unspecified atom stereocenters. The van der Waals surface area contributed by atoms with E-state index in [2.05, 4.69) is 13.5 Å². The van der Waals surface area contributed by atoms with Crippen molar-refractivity contribution in [2.24, 2.45) is 11.8 Å². The molecule has 0 aromatic heterocycles. The topological polar surface area (TPSA) is 17.1 Å². The molecule has 1 saturated carbocycles. The molecule has 0 aromatic rings. The molecule has 0 saturated heterocycles. The second-order valence-electron chi connectivity index (χ2n) is 5.71. The Balaban J connectivity index is 2.51. The quantitative estimate of drug-likeness (QED) is 0.574. The van der Waals surface area contributed by atoms with Crippen LogP contribution in [0.5, 0.6) is 0 Å². The summed E-state index contributed by atoms with van der Waals surface area (Å²) in [4.78, 5) is 11.9. The Bertz CT molecular complexity index is 248. The van der Waals surface area contributed by atoms with Crippen molar-refractivity contribution in [1.29, 1.82) is 0 Å². The number of hydrogen-bond donors (Lipinski definition) is 0. The largest absolute Gasteiger partial charge is 0.295 e. The van der Waals surface area contributed by atoms with Gasteiger partial charge in [0.1, 0.15) is 0 Å². The lowest BCUT2D eigenvalue weighted by Gasteiger charge is -2.30. The van der Waals surface area contributed by atoms with Crippen molar-refractivity contribution in [3.8, 4) is 0 Å². The lowest BCUT2D eigenvalue weighted by Crippen LogP contribution is -2.21. The fraction of sp³-hybridized carbons (Fsp3) is 0.812. The van der Waals surface area contributed by atoms with Crippen molar-refractivity contribution in [2.45, 2.75) is 71.6 Å². The number of allylic oxidation sites excluding steroid dienone is 1. The molecule has 1 nitrogen and oxygen atoms in total. The Morgan fingerprint density at radius 1 is 1.29 bits per heavy atom. The van der Waals surface area contributed by atoms with Gasteiger partial charge in [-0.15, -0.1) is 0 Å². The van der Waals surface area contributed by atoms with Crippen LogP contribution in [0.4, 0.5) is 0 Å². The molecule has 0 radical (unpaired) electrons. The Labute approximate surface area is 107 Å². The number of rotatable bonds is 7. The standard InChI is InChI=1S/C16H28O/c1-4-5-9-15(12-16(17)13(2)3)14-10-7-6-8-11-14/h14-15H,2,4-12H2,1,3H3. The Hall–Kier alpha value is -0.590. The predicted molar refractivity (Wildman–Crippen MR) is 74.0 cm³/mol. The highest BCUT2D eigenvalue weighted by molar-refractivity contribution is 5.94. The molecule has 98 valence electrons. The van der Waals surface area contributed by atoms with Crippen LogP contribution in [0.15, 0.2) is 12.2 Å². The molecule has 0 N–H and O–H groups in total. The van der Waals surface area contributed by atoms with Crippen LogP contribution in [-0.2, 0) is 4.79 Å². The van der Waals surface area contributed by atoms with Crippen LogP contribution in [-0.4, -0.2) is 5.78 Å². The van der Waals surface area contributed by atoms with Crippen LogP contribution in [0.3, 0.4) is 0 Å². The minimum atomic E-state index is 0.289. The second-order valence-corrected chi connectivity index (χ2v) is 5.71. The first-order chi connectivity index (χ1) is 8.15. The van der Waals surface area contributed by atoms with Gasteiger partial charge >= 0.3 is 0 Å². The molecule has 0 aromatic carbocycles. The van der Waals surface area contributed by atoms with E-state index in [1.165, 1.54) is 51.4 Å². The van der Waals surface area contributed by atoms with Gasteiger partial charge in [-0.1, -0.05) is 58.4 Å². The van der Waals surface area contributed by atoms with Gasteiger partial charge in [-0.25, -0.2) is 0 Å². The van der Waals surface area contributed by atoms with Crippen molar-refractivity contribution < 1.29 is 4.79 Å². The molecule has 1 heteroatoms. The minimum absolute atomic E-state index is 0.289. The monoisotopic (exact) mass is 236 g/mol. The number of carbonyl (C=O) groups is 1. The van der Waals surface area contributed by atoms with E-state index in [1.54, 1.807) is 0 Å². The van der Waals surface area contributed by atoms with E-state index in [0.717, 1.165) is 17.9 Å². The van der Waals surface area contributed by atoms with Gasteiger partial charge in [-0.2, -0.15) is 0 Å². The molecule has 0 aliphatic heterocycles. The first-order valence-electron chi connectivity index (χ1n) is 7.33. The van der Waals surface area contributed by atoms with Gasteiger partial charge in [-0.05, 0) is 30.8 Å². The second kappa shape index (κ2) is 7.68.